The lowest BCUT2D eigenvalue weighted by atomic mass is 10.1. The maximum atomic E-state index is 9.40. The maximum absolute atomic E-state index is 9.40. The fraction of sp³-hybridized carbons (Fsp3) is 0.214. The van der Waals surface area contributed by atoms with E-state index >= 15 is 0 Å². The number of hydrogen-bond acceptors (Lipinski definition) is 3. The molecule has 0 aromatic heterocycles. The quantitative estimate of drug-likeness (QED) is 0.813. The van der Waals surface area contributed by atoms with E-state index in [1.807, 2.05) is 31.2 Å². The summed E-state index contributed by atoms with van der Waals surface area (Å²) in [7, 11) is 0. The molecule has 1 atom stereocenters. The fourth-order valence-electron chi connectivity index (χ4n) is 2.00. The molecule has 0 radical (unpaired) electrons. The van der Waals surface area contributed by atoms with Gasteiger partial charge in [-0.25, -0.2) is 4.99 Å². The highest BCUT2D eigenvalue weighted by Crippen LogP contribution is 2.22. The van der Waals surface area contributed by atoms with Crippen LogP contribution in [0, 0.1) is 0 Å². The van der Waals surface area contributed by atoms with Gasteiger partial charge in [-0.15, -0.1) is 0 Å². The van der Waals surface area contributed by atoms with Gasteiger partial charge >= 0.3 is 0 Å². The number of ether oxygens (including phenoxy) is 1. The van der Waals surface area contributed by atoms with E-state index in [-0.39, 0.29) is 11.8 Å². The van der Waals surface area contributed by atoms with Crippen LogP contribution in [0.15, 0.2) is 41.4 Å². The van der Waals surface area contributed by atoms with E-state index in [9.17, 15) is 5.11 Å². The van der Waals surface area contributed by atoms with Gasteiger partial charge in [0.1, 0.15) is 12.4 Å². The molecule has 1 N–H and O–H groups in total. The van der Waals surface area contributed by atoms with Crippen LogP contribution in [-0.4, -0.2) is 23.7 Å². The molecule has 0 saturated heterocycles. The first-order valence-electron chi connectivity index (χ1n) is 5.66. The van der Waals surface area contributed by atoms with Gasteiger partial charge in [-0.05, 0) is 42.0 Å². The van der Waals surface area contributed by atoms with Gasteiger partial charge in [0.15, 0.2) is 0 Å². The van der Waals surface area contributed by atoms with Crippen LogP contribution >= 0.6 is 0 Å². The molecule has 0 amide bonds. The average Bonchev–Trinajstić information content (AvgIpc) is 2.75. The van der Waals surface area contributed by atoms with Crippen LogP contribution in [0.5, 0.6) is 5.75 Å². The molecule has 1 unspecified atom stereocenters. The van der Waals surface area contributed by atoms with E-state index in [4.69, 9.17) is 4.74 Å². The van der Waals surface area contributed by atoms with Crippen molar-refractivity contribution in [1.82, 2.24) is 0 Å². The van der Waals surface area contributed by atoms with Gasteiger partial charge in [-0.3, -0.25) is 0 Å². The molecule has 3 nitrogen and oxygen atoms in total. The summed E-state index contributed by atoms with van der Waals surface area (Å²) in [4.78, 5) is 4.43. The lowest BCUT2D eigenvalue weighted by molar-refractivity contribution is 0.324. The third-order valence-electron chi connectivity index (χ3n) is 2.87. The highest BCUT2D eigenvalue weighted by atomic mass is 16.5. The molecule has 0 aliphatic carbocycles. The Morgan fingerprint density at radius 1 is 1.18 bits per heavy atom. The molecule has 1 heterocycles. The molecule has 0 saturated carbocycles. The second kappa shape index (κ2) is 3.77. The Morgan fingerprint density at radius 2 is 1.94 bits per heavy atom. The van der Waals surface area contributed by atoms with Gasteiger partial charge in [0.05, 0.1) is 6.04 Å². The molecular weight excluding hydrogens is 214 g/mol. The predicted molar refractivity (Wildman–Crippen MR) is 67.6 cm³/mol. The summed E-state index contributed by atoms with van der Waals surface area (Å²) in [5.41, 5.74) is 0.993. The summed E-state index contributed by atoms with van der Waals surface area (Å²) in [5.74, 6) is 1.00. The molecule has 3 heteroatoms. The Kier molecular flexibility index (Phi) is 2.25. The van der Waals surface area contributed by atoms with Crippen molar-refractivity contribution in [2.45, 2.75) is 13.0 Å². The van der Waals surface area contributed by atoms with Gasteiger partial charge < -0.3 is 9.84 Å². The monoisotopic (exact) mass is 227 g/mol. The summed E-state index contributed by atoms with van der Waals surface area (Å²) >= 11 is 0. The van der Waals surface area contributed by atoms with Crippen molar-refractivity contribution in [2.75, 3.05) is 6.61 Å². The molecule has 3 rings (SSSR count). The lowest BCUT2D eigenvalue weighted by Gasteiger charge is -2.04. The molecule has 17 heavy (non-hydrogen) atoms. The SMILES string of the molecule is CC1COC(c2ccc3cc(O)ccc3c2)=N1. The number of aliphatic imine (C=N–C) groups is 1. The van der Waals surface area contributed by atoms with Crippen LogP contribution in [0.2, 0.25) is 0 Å². The van der Waals surface area contributed by atoms with Crippen molar-refractivity contribution in [3.05, 3.63) is 42.0 Å². The van der Waals surface area contributed by atoms with Gasteiger partial charge in [0, 0.05) is 5.56 Å². The number of nitrogens with zero attached hydrogens (tertiary/aromatic N) is 1. The molecule has 0 bridgehead atoms. The van der Waals surface area contributed by atoms with Gasteiger partial charge in [0.2, 0.25) is 5.90 Å². The summed E-state index contributed by atoms with van der Waals surface area (Å²) in [6.45, 7) is 2.69. The first kappa shape index (κ1) is 10.1. The van der Waals surface area contributed by atoms with E-state index in [0.29, 0.717) is 12.5 Å². The van der Waals surface area contributed by atoms with Crippen molar-refractivity contribution in [1.29, 1.82) is 0 Å². The van der Waals surface area contributed by atoms with E-state index in [1.165, 1.54) is 0 Å². The number of phenols is 1. The normalized spacial score (nSPS) is 19.1. The first-order valence-corrected chi connectivity index (χ1v) is 5.66. The van der Waals surface area contributed by atoms with Crippen LogP contribution in [-0.2, 0) is 4.74 Å². The number of hydrogen-bond donors (Lipinski definition) is 1. The number of rotatable bonds is 1. The minimum Gasteiger partial charge on any atom is -0.508 e. The minimum absolute atomic E-state index is 0.237. The fourth-order valence-corrected chi connectivity index (χ4v) is 2.00. The van der Waals surface area contributed by atoms with E-state index in [2.05, 4.69) is 4.99 Å². The maximum Gasteiger partial charge on any atom is 0.216 e. The zero-order valence-electron chi connectivity index (χ0n) is 9.55. The smallest absolute Gasteiger partial charge is 0.216 e. The zero-order chi connectivity index (χ0) is 11.8. The summed E-state index contributed by atoms with van der Waals surface area (Å²) < 4.78 is 5.52. The molecule has 2 aromatic carbocycles. The Balaban J connectivity index is 2.08. The molecule has 1 aliphatic heterocycles. The number of aromatic hydroxyl groups is 1. The largest absolute Gasteiger partial charge is 0.508 e. The zero-order valence-corrected chi connectivity index (χ0v) is 9.55. The van der Waals surface area contributed by atoms with Crippen LogP contribution in [0.25, 0.3) is 10.8 Å². The van der Waals surface area contributed by atoms with E-state index in [1.54, 1.807) is 12.1 Å². The molecule has 2 aromatic rings. The highest BCUT2D eigenvalue weighted by molar-refractivity contribution is 5.99. The van der Waals surface area contributed by atoms with E-state index < -0.39 is 0 Å². The first-order chi connectivity index (χ1) is 8.22. The second-order valence-corrected chi connectivity index (χ2v) is 4.34. The summed E-state index contributed by atoms with van der Waals surface area (Å²) in [5, 5.41) is 11.5. The minimum atomic E-state index is 0.237. The Hall–Kier alpha value is -2.03. The van der Waals surface area contributed by atoms with Gasteiger partial charge in [-0.2, -0.15) is 0 Å². The molecule has 0 spiro atoms. The van der Waals surface area contributed by atoms with Gasteiger partial charge in [-0.1, -0.05) is 12.1 Å². The van der Waals surface area contributed by atoms with Crippen molar-refractivity contribution < 1.29 is 9.84 Å². The number of fused-ring (bicyclic) bond motifs is 1. The van der Waals surface area contributed by atoms with Crippen molar-refractivity contribution in [3.63, 3.8) is 0 Å². The predicted octanol–water partition coefficient (Wildman–Crippen LogP) is 2.71. The molecule has 86 valence electrons. The van der Waals surface area contributed by atoms with E-state index in [0.717, 1.165) is 16.3 Å². The third kappa shape index (κ3) is 1.84. The van der Waals surface area contributed by atoms with Crippen LogP contribution in [0.3, 0.4) is 0 Å². The molecule has 1 aliphatic rings. The highest BCUT2D eigenvalue weighted by Gasteiger charge is 2.16. The van der Waals surface area contributed by atoms with Crippen LogP contribution in [0.1, 0.15) is 12.5 Å². The lowest BCUT2D eigenvalue weighted by Crippen LogP contribution is -2.01. The van der Waals surface area contributed by atoms with Crippen molar-refractivity contribution in [2.24, 2.45) is 4.99 Å². The standard InChI is InChI=1S/C14H13NO2/c1-9-8-17-14(15-9)12-3-2-11-7-13(16)5-4-10(11)6-12/h2-7,9,16H,8H2,1H3. The number of benzene rings is 2. The summed E-state index contributed by atoms with van der Waals surface area (Å²) in [6.07, 6.45) is 0. The Bertz CT molecular complexity index is 604. The third-order valence-corrected chi connectivity index (χ3v) is 2.87. The second-order valence-electron chi connectivity index (χ2n) is 4.34. The van der Waals surface area contributed by atoms with Crippen LogP contribution < -0.4 is 0 Å². The summed E-state index contributed by atoms with van der Waals surface area (Å²) in [6, 6.07) is 11.5. The van der Waals surface area contributed by atoms with Crippen LogP contribution in [0.4, 0.5) is 0 Å². The average molecular weight is 227 g/mol. The topological polar surface area (TPSA) is 41.8 Å². The Morgan fingerprint density at radius 3 is 2.71 bits per heavy atom. The van der Waals surface area contributed by atoms with Crippen molar-refractivity contribution >= 4 is 16.7 Å². The Labute approximate surface area is 99.4 Å². The van der Waals surface area contributed by atoms with Crippen molar-refractivity contribution in [3.8, 4) is 5.75 Å². The molecule has 0 fully saturated rings. The number of phenolic OH excluding ortho intramolecular Hbond substituents is 1. The molecular formula is C14H13NO2. The van der Waals surface area contributed by atoms with Gasteiger partial charge in [0.25, 0.3) is 0 Å².